The van der Waals surface area contributed by atoms with Gasteiger partial charge >= 0.3 is 115 Å². The molecule has 16 heavy (non-hydrogen) atoms. The van der Waals surface area contributed by atoms with Crippen molar-refractivity contribution in [1.29, 1.82) is 5.26 Å². The number of rotatable bonds is 2. The van der Waals surface area contributed by atoms with E-state index in [4.69, 9.17) is 5.26 Å². The van der Waals surface area contributed by atoms with Crippen LogP contribution < -0.4 is 4.46 Å². The summed E-state index contributed by atoms with van der Waals surface area (Å²) < 4.78 is 2.38. The molecule has 1 nitrogen and oxygen atoms in total. The minimum absolute atomic E-state index is 0.102. The van der Waals surface area contributed by atoms with Crippen LogP contribution in [-0.2, 0) is 0 Å². The molecule has 0 heterocycles. The van der Waals surface area contributed by atoms with Crippen molar-refractivity contribution in [3.63, 3.8) is 0 Å². The van der Waals surface area contributed by atoms with Crippen molar-refractivity contribution in [2.45, 2.75) is 0 Å². The Kier molecular flexibility index (Phi) is 4.00. The molecular weight excluding hydrogens is 376 g/mol. The monoisotopic (exact) mass is 385 g/mol. The van der Waals surface area contributed by atoms with Crippen LogP contribution in [0, 0.1) is 13.8 Å². The minimum atomic E-state index is -0.102. The molecular formula is C13H8INSe. The van der Waals surface area contributed by atoms with Gasteiger partial charge in [-0.3, -0.25) is 0 Å². The second-order valence-corrected chi connectivity index (χ2v) is 6.07. The second-order valence-electron chi connectivity index (χ2n) is 3.17. The fraction of sp³-hybridized carbons (Fsp3) is 0. The van der Waals surface area contributed by atoms with Crippen LogP contribution in [0.4, 0.5) is 0 Å². The summed E-state index contributed by atoms with van der Waals surface area (Å²) in [5.41, 5.74) is 2.41. The summed E-state index contributed by atoms with van der Waals surface area (Å²) in [7, 11) is 0. The van der Waals surface area contributed by atoms with Crippen LogP contribution in [-0.4, -0.2) is 15.0 Å². The van der Waals surface area contributed by atoms with Gasteiger partial charge in [0.05, 0.1) is 0 Å². The van der Waals surface area contributed by atoms with E-state index in [9.17, 15) is 0 Å². The summed E-state index contributed by atoms with van der Waals surface area (Å²) >= 11 is 2.23. The number of hydrogen-bond acceptors (Lipinski definition) is 1. The van der Waals surface area contributed by atoms with Gasteiger partial charge in [-0.25, -0.2) is 0 Å². The molecule has 0 aliphatic carbocycles. The standard InChI is InChI=1S/C13H8INSe/c14-12-7-3-1-5-10(12)11-6-2-4-8-13(11)16-9-15/h1-8H. The molecule has 0 atom stereocenters. The van der Waals surface area contributed by atoms with Crippen molar-refractivity contribution in [3.8, 4) is 16.1 Å². The van der Waals surface area contributed by atoms with Gasteiger partial charge in [-0.1, -0.05) is 0 Å². The molecule has 2 aromatic carbocycles. The molecule has 0 aliphatic heterocycles. The van der Waals surface area contributed by atoms with E-state index in [1.165, 1.54) is 14.7 Å². The van der Waals surface area contributed by atoms with E-state index in [1.54, 1.807) is 0 Å². The Hall–Kier alpha value is -0.821. The third kappa shape index (κ3) is 2.46. The van der Waals surface area contributed by atoms with Crippen LogP contribution in [0.5, 0.6) is 0 Å². The van der Waals surface area contributed by atoms with E-state index in [2.05, 4.69) is 45.8 Å². The van der Waals surface area contributed by atoms with Crippen molar-refractivity contribution >= 4 is 42.0 Å². The molecule has 2 aromatic rings. The van der Waals surface area contributed by atoms with Crippen LogP contribution in [0.25, 0.3) is 11.1 Å². The van der Waals surface area contributed by atoms with Crippen molar-refractivity contribution in [3.05, 3.63) is 52.1 Å². The van der Waals surface area contributed by atoms with E-state index >= 15 is 0 Å². The van der Waals surface area contributed by atoms with Gasteiger partial charge in [0.1, 0.15) is 0 Å². The summed E-state index contributed by atoms with van der Waals surface area (Å²) in [5, 5.41) is 8.84. The normalized spacial score (nSPS) is 9.75. The van der Waals surface area contributed by atoms with E-state index in [1.807, 2.05) is 30.3 Å². The SMILES string of the molecule is N#C[Se]c1ccccc1-c1ccccc1I. The van der Waals surface area contributed by atoms with Gasteiger partial charge in [-0.05, 0) is 0 Å². The predicted molar refractivity (Wildman–Crippen MR) is 75.6 cm³/mol. The van der Waals surface area contributed by atoms with Gasteiger partial charge in [0.25, 0.3) is 0 Å². The van der Waals surface area contributed by atoms with Crippen molar-refractivity contribution < 1.29 is 0 Å². The Bertz CT molecular complexity index is 546. The average molecular weight is 384 g/mol. The van der Waals surface area contributed by atoms with Gasteiger partial charge in [0.15, 0.2) is 0 Å². The third-order valence-electron chi connectivity index (χ3n) is 2.21. The van der Waals surface area contributed by atoms with Crippen LogP contribution in [0.15, 0.2) is 48.5 Å². The van der Waals surface area contributed by atoms with Gasteiger partial charge in [0, 0.05) is 0 Å². The van der Waals surface area contributed by atoms with Crippen LogP contribution in [0.1, 0.15) is 0 Å². The maximum atomic E-state index is 8.84. The van der Waals surface area contributed by atoms with Crippen molar-refractivity contribution in [2.24, 2.45) is 0 Å². The first-order chi connectivity index (χ1) is 7.83. The first-order valence-electron chi connectivity index (χ1n) is 4.73. The fourth-order valence-electron chi connectivity index (χ4n) is 1.51. The van der Waals surface area contributed by atoms with Crippen LogP contribution in [0.2, 0.25) is 0 Å². The van der Waals surface area contributed by atoms with Crippen LogP contribution >= 0.6 is 22.6 Å². The first kappa shape index (κ1) is 11.7. The Morgan fingerprint density at radius 3 is 2.25 bits per heavy atom. The topological polar surface area (TPSA) is 23.8 Å². The summed E-state index contributed by atoms with van der Waals surface area (Å²) in [6.45, 7) is 0. The second kappa shape index (κ2) is 5.49. The van der Waals surface area contributed by atoms with Crippen LogP contribution in [0.3, 0.4) is 0 Å². The molecule has 0 bridgehead atoms. The summed E-state index contributed by atoms with van der Waals surface area (Å²) in [6, 6.07) is 16.4. The molecule has 78 valence electrons. The molecule has 0 saturated carbocycles. The zero-order valence-electron chi connectivity index (χ0n) is 8.35. The average Bonchev–Trinajstić information content (AvgIpc) is 2.31. The Morgan fingerprint density at radius 2 is 1.56 bits per heavy atom. The quantitative estimate of drug-likeness (QED) is 0.577. The molecule has 3 heteroatoms. The van der Waals surface area contributed by atoms with E-state index in [0.29, 0.717) is 0 Å². The Labute approximate surface area is 115 Å². The van der Waals surface area contributed by atoms with Crippen molar-refractivity contribution in [1.82, 2.24) is 0 Å². The molecule has 0 aromatic heterocycles. The number of hydrogen-bond donors (Lipinski definition) is 0. The first-order valence-corrected chi connectivity index (χ1v) is 7.52. The van der Waals surface area contributed by atoms with Crippen molar-refractivity contribution in [2.75, 3.05) is 0 Å². The predicted octanol–water partition coefficient (Wildman–Crippen LogP) is 2.77. The molecule has 0 fully saturated rings. The molecule has 0 aliphatic rings. The zero-order valence-corrected chi connectivity index (χ0v) is 12.2. The molecule has 0 N–H and O–H groups in total. The molecule has 0 spiro atoms. The number of benzene rings is 2. The number of nitriles is 1. The number of halogens is 1. The molecule has 0 unspecified atom stereocenters. The number of nitrogens with zero attached hydrogens (tertiary/aromatic N) is 1. The van der Waals surface area contributed by atoms with Gasteiger partial charge in [-0.15, -0.1) is 0 Å². The summed E-state index contributed by atoms with van der Waals surface area (Å²) in [4.78, 5) is 2.27. The molecule has 0 saturated heterocycles. The van der Waals surface area contributed by atoms with E-state index < -0.39 is 0 Å². The van der Waals surface area contributed by atoms with E-state index in [0.717, 1.165) is 4.46 Å². The summed E-state index contributed by atoms with van der Waals surface area (Å²) in [6.07, 6.45) is 0. The molecule has 0 amide bonds. The molecule has 2 rings (SSSR count). The van der Waals surface area contributed by atoms with Gasteiger partial charge in [-0.2, -0.15) is 0 Å². The summed E-state index contributed by atoms with van der Waals surface area (Å²) in [5.74, 6) is 0. The molecule has 0 radical (unpaired) electrons. The Balaban J connectivity index is 2.57. The van der Waals surface area contributed by atoms with Gasteiger partial charge in [0.2, 0.25) is 0 Å². The van der Waals surface area contributed by atoms with Gasteiger partial charge < -0.3 is 0 Å². The zero-order chi connectivity index (χ0) is 11.4. The fourth-order valence-corrected chi connectivity index (χ4v) is 3.30. The Morgan fingerprint density at radius 1 is 0.938 bits per heavy atom. The maximum absolute atomic E-state index is 8.84. The van der Waals surface area contributed by atoms with E-state index in [-0.39, 0.29) is 15.0 Å². The third-order valence-corrected chi connectivity index (χ3v) is 4.55.